The molecule has 1 heterocycles. The fourth-order valence-corrected chi connectivity index (χ4v) is 4.08. The summed E-state index contributed by atoms with van der Waals surface area (Å²) in [5.41, 5.74) is 4.13. The minimum atomic E-state index is 0.246. The third-order valence-corrected chi connectivity index (χ3v) is 4.65. The van der Waals surface area contributed by atoms with Crippen LogP contribution >= 0.6 is 12.2 Å². The average Bonchev–Trinajstić information content (AvgIpc) is 2.29. The molecule has 4 N–H and O–H groups in total. The van der Waals surface area contributed by atoms with E-state index >= 15 is 0 Å². The van der Waals surface area contributed by atoms with E-state index in [2.05, 4.69) is 75.7 Å². The van der Waals surface area contributed by atoms with Crippen molar-refractivity contribution in [2.45, 2.75) is 71.5 Å². The number of anilines is 1. The number of nitrogens with one attached hydrogen (secondary N) is 2. The first-order chi connectivity index (χ1) is 10.1. The lowest BCUT2D eigenvalue weighted by Gasteiger charge is -2.43. The predicted molar refractivity (Wildman–Crippen MR) is 98.4 cm³/mol. The summed E-state index contributed by atoms with van der Waals surface area (Å²) >= 11 is 5.51. The van der Waals surface area contributed by atoms with Crippen molar-refractivity contribution in [3.8, 4) is 0 Å². The zero-order valence-corrected chi connectivity index (χ0v) is 15.5. The Morgan fingerprint density at radius 1 is 1.09 bits per heavy atom. The summed E-state index contributed by atoms with van der Waals surface area (Å²) in [7, 11) is 0. The van der Waals surface area contributed by atoms with E-state index in [0.29, 0.717) is 6.04 Å². The molecule has 0 amide bonds. The van der Waals surface area contributed by atoms with Gasteiger partial charge in [0.1, 0.15) is 0 Å². The molecule has 0 unspecified atom stereocenters. The predicted octanol–water partition coefficient (Wildman–Crippen LogP) is 2.87. The summed E-state index contributed by atoms with van der Waals surface area (Å²) in [6, 6.07) is 6.77. The van der Waals surface area contributed by atoms with Crippen molar-refractivity contribution in [3.63, 3.8) is 0 Å². The van der Waals surface area contributed by atoms with Crippen molar-refractivity contribution in [1.82, 2.24) is 5.32 Å². The molecule has 0 spiro atoms. The highest BCUT2D eigenvalue weighted by atomic mass is 32.1. The van der Waals surface area contributed by atoms with Gasteiger partial charge in [-0.1, -0.05) is 6.07 Å². The maximum Gasteiger partial charge on any atom is 0.171 e. The Morgan fingerprint density at radius 3 is 2.23 bits per heavy atom. The molecule has 22 heavy (non-hydrogen) atoms. The van der Waals surface area contributed by atoms with Crippen LogP contribution in [-0.2, 0) is 0 Å². The van der Waals surface area contributed by atoms with Crippen molar-refractivity contribution >= 4 is 23.0 Å². The number of thiocarbonyl (C=S) groups is 1. The van der Waals surface area contributed by atoms with Crippen LogP contribution in [0.5, 0.6) is 0 Å². The number of piperidine rings is 1. The molecule has 0 bridgehead atoms. The average molecular weight is 321 g/mol. The van der Waals surface area contributed by atoms with Gasteiger partial charge in [-0.05, 0) is 77.0 Å². The molecule has 0 atom stereocenters. The van der Waals surface area contributed by atoms with Crippen LogP contribution in [-0.4, -0.2) is 22.2 Å². The van der Waals surface area contributed by atoms with Crippen LogP contribution in [0.4, 0.5) is 5.69 Å². The normalized spacial score (nSPS) is 20.5. The summed E-state index contributed by atoms with van der Waals surface area (Å²) in [5.74, 6) is 0. The van der Waals surface area contributed by atoms with Gasteiger partial charge in [-0.2, -0.15) is 0 Å². The second kappa shape index (κ2) is 6.17. The molecule has 2 rings (SSSR count). The Balaban J connectivity index is 1.98. The maximum atomic E-state index is 5.51. The maximum absolute atomic E-state index is 5.51. The first kappa shape index (κ1) is 17.2. The fourth-order valence-electron chi connectivity index (χ4n) is 3.79. The minimum absolute atomic E-state index is 0.246. The lowest BCUT2D eigenvalue weighted by Crippen LogP contribution is -3.06. The van der Waals surface area contributed by atoms with Gasteiger partial charge in [0.05, 0.1) is 11.1 Å². The van der Waals surface area contributed by atoms with Crippen molar-refractivity contribution < 1.29 is 5.32 Å². The van der Waals surface area contributed by atoms with Crippen molar-refractivity contribution in [2.75, 3.05) is 5.32 Å². The second-order valence-corrected chi connectivity index (χ2v) is 8.53. The Labute approximate surface area is 140 Å². The van der Waals surface area contributed by atoms with E-state index in [1.807, 2.05) is 0 Å². The lowest BCUT2D eigenvalue weighted by molar-refractivity contribution is -0.787. The van der Waals surface area contributed by atoms with Crippen LogP contribution in [0, 0.1) is 13.8 Å². The zero-order valence-electron chi connectivity index (χ0n) is 14.7. The summed E-state index contributed by atoms with van der Waals surface area (Å²) in [4.78, 5) is 0. The van der Waals surface area contributed by atoms with E-state index in [1.54, 1.807) is 0 Å². The van der Waals surface area contributed by atoms with Gasteiger partial charge in [0, 0.05) is 24.6 Å². The van der Waals surface area contributed by atoms with Crippen molar-refractivity contribution in [3.05, 3.63) is 29.3 Å². The number of hydrogen-bond acceptors (Lipinski definition) is 1. The van der Waals surface area contributed by atoms with Crippen LogP contribution in [0.2, 0.25) is 0 Å². The third-order valence-electron chi connectivity index (χ3n) is 4.43. The van der Waals surface area contributed by atoms with Gasteiger partial charge in [-0.3, -0.25) is 0 Å². The lowest BCUT2D eigenvalue weighted by atomic mass is 9.80. The van der Waals surface area contributed by atoms with E-state index in [4.69, 9.17) is 12.2 Å². The van der Waals surface area contributed by atoms with E-state index < -0.39 is 0 Å². The van der Waals surface area contributed by atoms with Crippen LogP contribution in [0.1, 0.15) is 51.7 Å². The summed E-state index contributed by atoms with van der Waals surface area (Å²) in [6.07, 6.45) is 2.23. The highest BCUT2D eigenvalue weighted by Gasteiger charge is 2.41. The largest absolute Gasteiger partial charge is 0.359 e. The first-order valence-corrected chi connectivity index (χ1v) is 8.49. The molecule has 1 fully saturated rings. The highest BCUT2D eigenvalue weighted by Crippen LogP contribution is 2.22. The summed E-state index contributed by atoms with van der Waals surface area (Å²) in [5, 5.41) is 10.0. The second-order valence-electron chi connectivity index (χ2n) is 8.12. The van der Waals surface area contributed by atoms with Crippen LogP contribution in [0.15, 0.2) is 18.2 Å². The topological polar surface area (TPSA) is 40.7 Å². The van der Waals surface area contributed by atoms with E-state index in [9.17, 15) is 0 Å². The van der Waals surface area contributed by atoms with Gasteiger partial charge in [0.2, 0.25) is 0 Å². The number of aryl methyl sites for hydroxylation is 2. The number of hydrogen-bond donors (Lipinski definition) is 3. The molecule has 1 aromatic carbocycles. The van der Waals surface area contributed by atoms with E-state index in [1.165, 1.54) is 11.1 Å². The monoisotopic (exact) mass is 320 g/mol. The molecule has 1 saturated heterocycles. The van der Waals surface area contributed by atoms with E-state index in [-0.39, 0.29) is 11.1 Å². The molecule has 1 aliphatic heterocycles. The molecule has 4 heteroatoms. The van der Waals surface area contributed by atoms with Crippen LogP contribution in [0.3, 0.4) is 0 Å². The smallest absolute Gasteiger partial charge is 0.171 e. The molecular formula is C18H30N3S+. The highest BCUT2D eigenvalue weighted by molar-refractivity contribution is 7.80. The van der Waals surface area contributed by atoms with Crippen LogP contribution in [0.25, 0.3) is 0 Å². The first-order valence-electron chi connectivity index (χ1n) is 8.08. The number of rotatable bonds is 2. The molecule has 1 aliphatic rings. The Kier molecular flexibility index (Phi) is 4.83. The number of nitrogens with two attached hydrogens (primary N) is 1. The van der Waals surface area contributed by atoms with Gasteiger partial charge in [0.25, 0.3) is 0 Å². The Hall–Kier alpha value is -1.13. The van der Waals surface area contributed by atoms with Gasteiger partial charge >= 0.3 is 0 Å². The molecule has 0 aromatic heterocycles. The van der Waals surface area contributed by atoms with Gasteiger partial charge in [0.15, 0.2) is 5.11 Å². The third kappa shape index (κ3) is 4.68. The Morgan fingerprint density at radius 2 is 1.68 bits per heavy atom. The molecule has 0 aliphatic carbocycles. The van der Waals surface area contributed by atoms with Gasteiger partial charge in [-0.25, -0.2) is 0 Å². The van der Waals surface area contributed by atoms with Gasteiger partial charge in [-0.15, -0.1) is 0 Å². The van der Waals surface area contributed by atoms with Crippen molar-refractivity contribution in [2.24, 2.45) is 0 Å². The molecule has 1 aromatic rings. The van der Waals surface area contributed by atoms with E-state index in [0.717, 1.165) is 23.6 Å². The molecule has 0 radical (unpaired) electrons. The SMILES string of the molecule is Cc1ccc(NC(=S)NC2CC(C)(C)[NH2+]C(C)(C)C2)cc1C. The quantitative estimate of drug-likeness (QED) is 0.734. The van der Waals surface area contributed by atoms with Crippen molar-refractivity contribution in [1.29, 1.82) is 0 Å². The standard InChI is InChI=1S/C18H29N3S/c1-12-7-8-14(9-13(12)2)19-16(22)20-15-10-17(3,4)21-18(5,6)11-15/h7-9,15,21H,10-11H2,1-6H3,(H2,19,20,22)/p+1. The fraction of sp³-hybridized carbons (Fsp3) is 0.611. The summed E-state index contributed by atoms with van der Waals surface area (Å²) in [6.45, 7) is 13.5. The van der Waals surface area contributed by atoms with Gasteiger partial charge < -0.3 is 16.0 Å². The van der Waals surface area contributed by atoms with Crippen LogP contribution < -0.4 is 16.0 Å². The molecule has 122 valence electrons. The number of quaternary nitrogens is 1. The Bertz CT molecular complexity index is 547. The molecule has 0 saturated carbocycles. The summed E-state index contributed by atoms with van der Waals surface area (Å²) < 4.78 is 0. The minimum Gasteiger partial charge on any atom is -0.359 e. The molecular weight excluding hydrogens is 290 g/mol. The zero-order chi connectivity index (χ0) is 16.5. The molecule has 3 nitrogen and oxygen atoms in total. The number of benzene rings is 1.